The summed E-state index contributed by atoms with van der Waals surface area (Å²) in [6.45, 7) is 1.57. The van der Waals surface area contributed by atoms with E-state index in [-0.39, 0.29) is 0 Å². The highest BCUT2D eigenvalue weighted by atomic mass is 16.4. The molecular formula is C7H10N4O2. The molecule has 0 saturated heterocycles. The molecule has 0 aliphatic heterocycles. The zero-order valence-corrected chi connectivity index (χ0v) is 7.38. The van der Waals surface area contributed by atoms with Gasteiger partial charge in [-0.2, -0.15) is 0 Å². The van der Waals surface area contributed by atoms with Crippen LogP contribution in [0.2, 0.25) is 0 Å². The van der Waals surface area contributed by atoms with Crippen LogP contribution in [0, 0.1) is 0 Å². The second-order valence-corrected chi connectivity index (χ2v) is 2.59. The van der Waals surface area contributed by atoms with E-state index in [9.17, 15) is 4.79 Å². The SMILES string of the molecule is CC(C(=O)O)N(C)c1cncnn1. The number of hydrogen-bond donors (Lipinski definition) is 1. The van der Waals surface area contributed by atoms with Gasteiger partial charge < -0.3 is 10.0 Å². The Hall–Kier alpha value is -1.72. The van der Waals surface area contributed by atoms with Crippen LogP contribution in [0.3, 0.4) is 0 Å². The predicted octanol–water partition coefficient (Wildman–Crippen LogP) is -0.219. The van der Waals surface area contributed by atoms with Crippen LogP contribution < -0.4 is 4.90 Å². The number of likely N-dealkylation sites (N-methyl/N-ethyl adjacent to an activating group) is 1. The Kier molecular flexibility index (Phi) is 2.73. The molecule has 1 aromatic rings. The quantitative estimate of drug-likeness (QED) is 0.696. The minimum Gasteiger partial charge on any atom is -0.480 e. The van der Waals surface area contributed by atoms with Crippen molar-refractivity contribution < 1.29 is 9.90 Å². The fraction of sp³-hybridized carbons (Fsp3) is 0.429. The molecule has 6 nitrogen and oxygen atoms in total. The van der Waals surface area contributed by atoms with Crippen molar-refractivity contribution in [1.29, 1.82) is 0 Å². The Bertz CT molecular complexity index is 290. The molecule has 0 bridgehead atoms. The van der Waals surface area contributed by atoms with E-state index in [1.165, 1.54) is 17.4 Å². The van der Waals surface area contributed by atoms with Crippen molar-refractivity contribution in [3.63, 3.8) is 0 Å². The second kappa shape index (κ2) is 3.79. The van der Waals surface area contributed by atoms with Crippen LogP contribution in [0.5, 0.6) is 0 Å². The molecule has 1 aromatic heterocycles. The average molecular weight is 182 g/mol. The topological polar surface area (TPSA) is 79.2 Å². The number of anilines is 1. The number of aromatic nitrogens is 3. The molecule has 6 heteroatoms. The summed E-state index contributed by atoms with van der Waals surface area (Å²) in [6.07, 6.45) is 2.76. The van der Waals surface area contributed by atoms with E-state index in [2.05, 4.69) is 15.2 Å². The molecule has 1 N–H and O–H groups in total. The first-order chi connectivity index (χ1) is 6.13. The first kappa shape index (κ1) is 9.37. The number of aliphatic carboxylic acids is 1. The number of carboxylic acids is 1. The van der Waals surface area contributed by atoms with Crippen molar-refractivity contribution in [2.24, 2.45) is 0 Å². The fourth-order valence-electron chi connectivity index (χ4n) is 0.766. The molecule has 0 aliphatic rings. The molecule has 1 rings (SSSR count). The maximum atomic E-state index is 10.6. The summed E-state index contributed by atoms with van der Waals surface area (Å²) in [4.78, 5) is 15.8. The molecular weight excluding hydrogens is 172 g/mol. The highest BCUT2D eigenvalue weighted by molar-refractivity contribution is 5.76. The number of carbonyl (C=O) groups is 1. The van der Waals surface area contributed by atoms with Gasteiger partial charge >= 0.3 is 5.97 Å². The molecule has 0 aromatic carbocycles. The van der Waals surface area contributed by atoms with Crippen LogP contribution >= 0.6 is 0 Å². The molecule has 0 spiro atoms. The predicted molar refractivity (Wildman–Crippen MR) is 45.3 cm³/mol. The van der Waals surface area contributed by atoms with Gasteiger partial charge in [-0.25, -0.2) is 9.78 Å². The van der Waals surface area contributed by atoms with Crippen LogP contribution in [0.1, 0.15) is 6.92 Å². The number of nitrogens with zero attached hydrogens (tertiary/aromatic N) is 4. The number of rotatable bonds is 3. The van der Waals surface area contributed by atoms with E-state index in [0.29, 0.717) is 5.82 Å². The van der Waals surface area contributed by atoms with Crippen molar-refractivity contribution in [2.75, 3.05) is 11.9 Å². The first-order valence-electron chi connectivity index (χ1n) is 3.71. The van der Waals surface area contributed by atoms with Crippen LogP contribution in [-0.2, 0) is 4.79 Å². The second-order valence-electron chi connectivity index (χ2n) is 2.59. The van der Waals surface area contributed by atoms with Crippen LogP contribution in [0.15, 0.2) is 12.5 Å². The molecule has 13 heavy (non-hydrogen) atoms. The Morgan fingerprint density at radius 3 is 2.85 bits per heavy atom. The van der Waals surface area contributed by atoms with Gasteiger partial charge in [-0.3, -0.25) is 0 Å². The first-order valence-corrected chi connectivity index (χ1v) is 3.71. The van der Waals surface area contributed by atoms with Gasteiger partial charge in [-0.15, -0.1) is 10.2 Å². The van der Waals surface area contributed by atoms with E-state index < -0.39 is 12.0 Å². The fourth-order valence-corrected chi connectivity index (χ4v) is 0.766. The molecule has 0 aliphatic carbocycles. The normalized spacial score (nSPS) is 12.2. The standard InChI is InChI=1S/C7H10N4O2/c1-5(7(12)13)11(2)6-3-8-4-9-10-6/h3-5H,1-2H3,(H,12,13). The average Bonchev–Trinajstić information content (AvgIpc) is 2.17. The summed E-state index contributed by atoms with van der Waals surface area (Å²) in [5, 5.41) is 16.0. The third-order valence-electron chi connectivity index (χ3n) is 1.77. The molecule has 1 atom stereocenters. The smallest absolute Gasteiger partial charge is 0.326 e. The molecule has 0 radical (unpaired) electrons. The lowest BCUT2D eigenvalue weighted by atomic mass is 10.3. The van der Waals surface area contributed by atoms with Gasteiger partial charge in [-0.05, 0) is 6.92 Å². The van der Waals surface area contributed by atoms with Gasteiger partial charge in [0.1, 0.15) is 12.4 Å². The zero-order valence-electron chi connectivity index (χ0n) is 7.38. The van der Waals surface area contributed by atoms with Crippen LogP contribution in [0.25, 0.3) is 0 Å². The van der Waals surface area contributed by atoms with Gasteiger partial charge in [0.15, 0.2) is 5.82 Å². The minimum atomic E-state index is -0.909. The summed E-state index contributed by atoms with van der Waals surface area (Å²) in [6, 6.07) is -0.640. The third-order valence-corrected chi connectivity index (χ3v) is 1.77. The highest BCUT2D eigenvalue weighted by Gasteiger charge is 2.18. The van der Waals surface area contributed by atoms with Gasteiger partial charge in [0, 0.05) is 7.05 Å². The lowest BCUT2D eigenvalue weighted by Gasteiger charge is -2.20. The Balaban J connectivity index is 2.79. The number of carboxylic acid groups (broad SMARTS) is 1. The van der Waals surface area contributed by atoms with Gasteiger partial charge in [0.05, 0.1) is 6.20 Å². The van der Waals surface area contributed by atoms with Gasteiger partial charge in [0.2, 0.25) is 0 Å². The zero-order chi connectivity index (χ0) is 9.84. The van der Waals surface area contributed by atoms with Crippen LogP contribution in [-0.4, -0.2) is 39.3 Å². The van der Waals surface area contributed by atoms with Gasteiger partial charge in [-0.1, -0.05) is 0 Å². The molecule has 1 heterocycles. The van der Waals surface area contributed by atoms with E-state index in [0.717, 1.165) is 0 Å². The monoisotopic (exact) mass is 182 g/mol. The van der Waals surface area contributed by atoms with Gasteiger partial charge in [0.25, 0.3) is 0 Å². The summed E-state index contributed by atoms with van der Waals surface area (Å²) < 4.78 is 0. The van der Waals surface area contributed by atoms with Crippen molar-refractivity contribution in [3.8, 4) is 0 Å². The number of hydrogen-bond acceptors (Lipinski definition) is 5. The summed E-state index contributed by atoms with van der Waals surface area (Å²) in [5.41, 5.74) is 0. The van der Waals surface area contributed by atoms with Crippen molar-refractivity contribution in [3.05, 3.63) is 12.5 Å². The lowest BCUT2D eigenvalue weighted by Crippen LogP contribution is -2.36. The third kappa shape index (κ3) is 2.11. The molecule has 1 unspecified atom stereocenters. The van der Waals surface area contributed by atoms with E-state index in [1.807, 2.05) is 0 Å². The maximum Gasteiger partial charge on any atom is 0.326 e. The Morgan fingerprint density at radius 1 is 1.69 bits per heavy atom. The summed E-state index contributed by atoms with van der Waals surface area (Å²) in [7, 11) is 1.63. The van der Waals surface area contributed by atoms with Crippen molar-refractivity contribution in [2.45, 2.75) is 13.0 Å². The Morgan fingerprint density at radius 2 is 2.38 bits per heavy atom. The van der Waals surface area contributed by atoms with E-state index in [1.54, 1.807) is 14.0 Å². The Labute approximate surface area is 75.2 Å². The maximum absolute atomic E-state index is 10.6. The largest absolute Gasteiger partial charge is 0.480 e. The molecule has 0 saturated carbocycles. The summed E-state index contributed by atoms with van der Waals surface area (Å²) >= 11 is 0. The van der Waals surface area contributed by atoms with Crippen LogP contribution in [0.4, 0.5) is 5.82 Å². The van der Waals surface area contributed by atoms with Crippen molar-refractivity contribution in [1.82, 2.24) is 15.2 Å². The molecule has 0 amide bonds. The minimum absolute atomic E-state index is 0.442. The lowest BCUT2D eigenvalue weighted by molar-refractivity contribution is -0.138. The van der Waals surface area contributed by atoms with Crippen molar-refractivity contribution >= 4 is 11.8 Å². The van der Waals surface area contributed by atoms with E-state index >= 15 is 0 Å². The molecule has 70 valence electrons. The van der Waals surface area contributed by atoms with E-state index in [4.69, 9.17) is 5.11 Å². The highest BCUT2D eigenvalue weighted by Crippen LogP contribution is 2.07. The molecule has 0 fully saturated rings. The summed E-state index contributed by atoms with van der Waals surface area (Å²) in [5.74, 6) is -0.467.